The van der Waals surface area contributed by atoms with E-state index in [2.05, 4.69) is 33.7 Å². The molecule has 29 heavy (non-hydrogen) atoms. The molecule has 0 fully saturated rings. The molecule has 0 saturated carbocycles. The highest BCUT2D eigenvalue weighted by atomic mass is 127. The Kier molecular flexibility index (Phi) is 9.53. The van der Waals surface area contributed by atoms with Crippen molar-refractivity contribution < 1.29 is 4.74 Å². The zero-order valence-electron chi connectivity index (χ0n) is 16.7. The summed E-state index contributed by atoms with van der Waals surface area (Å²) in [6.07, 6.45) is 5.66. The summed E-state index contributed by atoms with van der Waals surface area (Å²) in [7, 11) is 1.64. The van der Waals surface area contributed by atoms with Gasteiger partial charge in [0.15, 0.2) is 5.96 Å². The standard InChI is InChI=1S/C21H26ClN5O.HI/c1-3-23-21(24-11-9-16-7-8-18(28-2)14-19(16)22)25-12-10-17-15-27-13-5-4-6-20(27)26-17;/h4-8,13-15H,3,9-12H2,1-2H3,(H2,23,24,25);1H. The van der Waals surface area contributed by atoms with E-state index < -0.39 is 0 Å². The first kappa shape index (κ1) is 23.3. The van der Waals surface area contributed by atoms with Gasteiger partial charge in [0, 0.05) is 43.5 Å². The molecule has 2 N–H and O–H groups in total. The van der Waals surface area contributed by atoms with Crippen LogP contribution in [0.1, 0.15) is 18.2 Å². The van der Waals surface area contributed by atoms with E-state index >= 15 is 0 Å². The molecule has 0 atom stereocenters. The molecule has 0 aliphatic rings. The lowest BCUT2D eigenvalue weighted by molar-refractivity contribution is 0.414. The van der Waals surface area contributed by atoms with Crippen LogP contribution >= 0.6 is 35.6 Å². The van der Waals surface area contributed by atoms with Crippen molar-refractivity contribution >= 4 is 47.2 Å². The number of methoxy groups -OCH3 is 1. The van der Waals surface area contributed by atoms with Gasteiger partial charge < -0.3 is 19.8 Å². The van der Waals surface area contributed by atoms with Crippen LogP contribution in [-0.4, -0.2) is 42.1 Å². The van der Waals surface area contributed by atoms with Crippen LogP contribution in [0.4, 0.5) is 0 Å². The Hall–Kier alpha value is -2.00. The summed E-state index contributed by atoms with van der Waals surface area (Å²) < 4.78 is 7.22. The van der Waals surface area contributed by atoms with Crippen molar-refractivity contribution in [2.45, 2.75) is 19.8 Å². The van der Waals surface area contributed by atoms with E-state index in [1.54, 1.807) is 7.11 Å². The molecule has 0 saturated heterocycles. The van der Waals surface area contributed by atoms with Gasteiger partial charge in [-0.25, -0.2) is 4.98 Å². The van der Waals surface area contributed by atoms with Crippen molar-refractivity contribution in [3.8, 4) is 5.75 Å². The van der Waals surface area contributed by atoms with Gasteiger partial charge in [-0.3, -0.25) is 4.99 Å². The second-order valence-corrected chi connectivity index (χ2v) is 6.75. The highest BCUT2D eigenvalue weighted by Gasteiger charge is 2.04. The number of aliphatic imine (C=N–C) groups is 1. The molecule has 2 heterocycles. The van der Waals surface area contributed by atoms with E-state index in [4.69, 9.17) is 16.3 Å². The maximum atomic E-state index is 6.31. The summed E-state index contributed by atoms with van der Waals surface area (Å²) in [5.41, 5.74) is 3.08. The van der Waals surface area contributed by atoms with E-state index in [0.29, 0.717) is 6.54 Å². The molecule has 156 valence electrons. The Morgan fingerprint density at radius 2 is 2.07 bits per heavy atom. The average Bonchev–Trinajstić information content (AvgIpc) is 3.12. The predicted octanol–water partition coefficient (Wildman–Crippen LogP) is 3.95. The van der Waals surface area contributed by atoms with Gasteiger partial charge in [-0.1, -0.05) is 23.7 Å². The molecule has 6 nitrogen and oxygen atoms in total. The number of hydrogen-bond acceptors (Lipinski definition) is 3. The molecule has 8 heteroatoms. The Morgan fingerprint density at radius 3 is 2.79 bits per heavy atom. The van der Waals surface area contributed by atoms with E-state index in [1.165, 1.54) is 0 Å². The van der Waals surface area contributed by atoms with Crippen LogP contribution < -0.4 is 15.4 Å². The van der Waals surface area contributed by atoms with E-state index in [0.717, 1.165) is 59.6 Å². The summed E-state index contributed by atoms with van der Waals surface area (Å²) >= 11 is 6.31. The maximum absolute atomic E-state index is 6.31. The van der Waals surface area contributed by atoms with Gasteiger partial charge >= 0.3 is 0 Å². The predicted molar refractivity (Wildman–Crippen MR) is 130 cm³/mol. The summed E-state index contributed by atoms with van der Waals surface area (Å²) in [6.45, 7) is 4.28. The number of imidazole rings is 1. The Bertz CT molecular complexity index is 911. The number of nitrogens with zero attached hydrogens (tertiary/aromatic N) is 3. The smallest absolute Gasteiger partial charge is 0.191 e. The number of nitrogens with one attached hydrogen (secondary N) is 2. The van der Waals surface area contributed by atoms with Crippen molar-refractivity contribution in [1.29, 1.82) is 0 Å². The number of halogens is 2. The third-order valence-electron chi connectivity index (χ3n) is 4.34. The molecule has 0 aliphatic carbocycles. The first-order valence-electron chi connectivity index (χ1n) is 9.47. The molecule has 3 aromatic rings. The lowest BCUT2D eigenvalue weighted by atomic mass is 10.1. The number of guanidine groups is 1. The van der Waals surface area contributed by atoms with Crippen molar-refractivity contribution in [2.24, 2.45) is 4.99 Å². The van der Waals surface area contributed by atoms with Crippen molar-refractivity contribution in [1.82, 2.24) is 20.0 Å². The van der Waals surface area contributed by atoms with Gasteiger partial charge in [0.25, 0.3) is 0 Å². The molecular formula is C21H27ClIN5O. The Balaban J connectivity index is 0.00000300. The van der Waals surface area contributed by atoms with E-state index in [9.17, 15) is 0 Å². The molecule has 0 aliphatic heterocycles. The number of rotatable bonds is 8. The topological polar surface area (TPSA) is 63.0 Å². The van der Waals surface area contributed by atoms with Gasteiger partial charge in [-0.05, 0) is 43.2 Å². The molecule has 3 rings (SSSR count). The summed E-state index contributed by atoms with van der Waals surface area (Å²) in [4.78, 5) is 9.26. The highest BCUT2D eigenvalue weighted by molar-refractivity contribution is 14.0. The fourth-order valence-corrected chi connectivity index (χ4v) is 3.17. The second kappa shape index (κ2) is 11.9. The third kappa shape index (κ3) is 6.78. The number of pyridine rings is 1. The number of benzene rings is 1. The average molecular weight is 528 g/mol. The Labute approximate surface area is 193 Å². The first-order chi connectivity index (χ1) is 13.7. The fraction of sp³-hybridized carbons (Fsp3) is 0.333. The fourth-order valence-electron chi connectivity index (χ4n) is 2.90. The molecule has 0 amide bonds. The number of aromatic nitrogens is 2. The molecule has 2 aromatic heterocycles. The van der Waals surface area contributed by atoms with E-state index in [1.807, 2.05) is 47.0 Å². The van der Waals surface area contributed by atoms with Crippen molar-refractivity contribution in [2.75, 3.05) is 26.7 Å². The minimum Gasteiger partial charge on any atom is -0.497 e. The molecular weight excluding hydrogens is 501 g/mol. The minimum absolute atomic E-state index is 0. The van der Waals surface area contributed by atoms with Crippen LogP contribution in [0, 0.1) is 0 Å². The van der Waals surface area contributed by atoms with Gasteiger partial charge in [-0.2, -0.15) is 0 Å². The summed E-state index contributed by atoms with van der Waals surface area (Å²) in [6, 6.07) is 11.8. The van der Waals surface area contributed by atoms with Crippen LogP contribution in [0.15, 0.2) is 53.8 Å². The lowest BCUT2D eigenvalue weighted by Gasteiger charge is -2.12. The monoisotopic (exact) mass is 527 g/mol. The zero-order valence-corrected chi connectivity index (χ0v) is 19.8. The van der Waals surface area contributed by atoms with Gasteiger partial charge in [0.05, 0.1) is 12.8 Å². The van der Waals surface area contributed by atoms with Gasteiger partial charge in [0.1, 0.15) is 11.4 Å². The van der Waals surface area contributed by atoms with E-state index in [-0.39, 0.29) is 24.0 Å². The van der Waals surface area contributed by atoms with Crippen LogP contribution in [0.3, 0.4) is 0 Å². The number of ether oxygens (including phenoxy) is 1. The summed E-state index contributed by atoms with van der Waals surface area (Å²) in [5, 5.41) is 7.35. The number of fused-ring (bicyclic) bond motifs is 1. The maximum Gasteiger partial charge on any atom is 0.191 e. The van der Waals surface area contributed by atoms with Crippen LogP contribution in [-0.2, 0) is 12.8 Å². The second-order valence-electron chi connectivity index (χ2n) is 6.34. The first-order valence-corrected chi connectivity index (χ1v) is 9.84. The molecule has 0 unspecified atom stereocenters. The molecule has 0 bridgehead atoms. The van der Waals surface area contributed by atoms with Crippen LogP contribution in [0.2, 0.25) is 5.02 Å². The van der Waals surface area contributed by atoms with Crippen LogP contribution in [0.5, 0.6) is 5.75 Å². The van der Waals surface area contributed by atoms with Crippen molar-refractivity contribution in [3.05, 3.63) is 65.1 Å². The Morgan fingerprint density at radius 1 is 1.21 bits per heavy atom. The summed E-state index contributed by atoms with van der Waals surface area (Å²) in [5.74, 6) is 1.57. The normalized spacial score (nSPS) is 11.2. The van der Waals surface area contributed by atoms with Gasteiger partial charge in [0.2, 0.25) is 0 Å². The lowest BCUT2D eigenvalue weighted by Crippen LogP contribution is -2.38. The third-order valence-corrected chi connectivity index (χ3v) is 4.69. The molecule has 0 radical (unpaired) electrons. The SMILES string of the molecule is CCNC(=NCCc1cn2ccccc2n1)NCCc1ccc(OC)cc1Cl.I. The quantitative estimate of drug-likeness (QED) is 0.265. The highest BCUT2D eigenvalue weighted by Crippen LogP contribution is 2.22. The minimum atomic E-state index is 0. The number of hydrogen-bond donors (Lipinski definition) is 2. The molecule has 0 spiro atoms. The zero-order chi connectivity index (χ0) is 19.8. The van der Waals surface area contributed by atoms with Crippen LogP contribution in [0.25, 0.3) is 5.65 Å². The van der Waals surface area contributed by atoms with Crippen molar-refractivity contribution in [3.63, 3.8) is 0 Å². The largest absolute Gasteiger partial charge is 0.497 e. The molecule has 1 aromatic carbocycles. The van der Waals surface area contributed by atoms with Gasteiger partial charge in [-0.15, -0.1) is 24.0 Å².